The molecule has 3 nitrogen and oxygen atoms in total. The summed E-state index contributed by atoms with van der Waals surface area (Å²) in [5.74, 6) is 0. The normalized spacial score (nSPS) is 11.4. The zero-order chi connectivity index (χ0) is 10.4. The van der Waals surface area contributed by atoms with Crippen molar-refractivity contribution in [2.75, 3.05) is 13.6 Å². The topological polar surface area (TPSA) is 29.9 Å². The largest absolute Gasteiger partial charge is 0.319 e. The van der Waals surface area contributed by atoms with Crippen LogP contribution in [0.3, 0.4) is 0 Å². The van der Waals surface area contributed by atoms with Crippen molar-refractivity contribution in [3.8, 4) is 0 Å². The summed E-state index contributed by atoms with van der Waals surface area (Å²) in [6.45, 7) is 3.06. The molecule has 0 aromatic carbocycles. The van der Waals surface area contributed by atoms with Crippen LogP contribution in [0.15, 0.2) is 18.2 Å². The highest BCUT2D eigenvalue weighted by molar-refractivity contribution is 5.11. The van der Waals surface area contributed by atoms with Gasteiger partial charge in [0.15, 0.2) is 0 Å². The van der Waals surface area contributed by atoms with E-state index in [9.17, 15) is 0 Å². The third-order valence-corrected chi connectivity index (χ3v) is 2.15. The van der Waals surface area contributed by atoms with Crippen molar-refractivity contribution < 1.29 is 0 Å². The van der Waals surface area contributed by atoms with Crippen LogP contribution in [0.5, 0.6) is 0 Å². The van der Waals surface area contributed by atoms with E-state index in [1.54, 1.807) is 0 Å². The maximum Gasteiger partial charge on any atom is 0.0596 e. The van der Waals surface area contributed by atoms with E-state index in [1.807, 2.05) is 25.7 Å². The Kier molecular flexibility index (Phi) is 4.40. The first-order valence-electron chi connectivity index (χ1n) is 5.03. The molecule has 0 bridgehead atoms. The lowest BCUT2D eigenvalue weighted by atomic mass is 10.2. The van der Waals surface area contributed by atoms with E-state index in [1.165, 1.54) is 5.69 Å². The van der Waals surface area contributed by atoms with Crippen molar-refractivity contribution in [3.63, 3.8) is 0 Å². The molecule has 0 amide bonds. The molecule has 0 atom stereocenters. The van der Waals surface area contributed by atoms with Gasteiger partial charge in [0.05, 0.1) is 5.69 Å². The van der Waals surface area contributed by atoms with Crippen molar-refractivity contribution in [1.29, 1.82) is 0 Å². The molecule has 0 spiro atoms. The molecule has 0 aliphatic heterocycles. The average molecular weight is 193 g/mol. The van der Waals surface area contributed by atoms with E-state index in [4.69, 9.17) is 0 Å². The van der Waals surface area contributed by atoms with Gasteiger partial charge >= 0.3 is 0 Å². The van der Waals surface area contributed by atoms with Crippen LogP contribution in [0.1, 0.15) is 17.8 Å². The molecule has 14 heavy (non-hydrogen) atoms. The van der Waals surface area contributed by atoms with Crippen LogP contribution in [0.4, 0.5) is 0 Å². The van der Waals surface area contributed by atoms with E-state index in [-0.39, 0.29) is 0 Å². The highest BCUT2D eigenvalue weighted by Crippen LogP contribution is 2.03. The number of aromatic nitrogens is 2. The second-order valence-electron chi connectivity index (χ2n) is 3.47. The summed E-state index contributed by atoms with van der Waals surface area (Å²) >= 11 is 0. The third-order valence-electron chi connectivity index (χ3n) is 2.15. The monoisotopic (exact) mass is 193 g/mol. The number of rotatable bonds is 5. The summed E-state index contributed by atoms with van der Waals surface area (Å²) in [6, 6.07) is 2.13. The fourth-order valence-corrected chi connectivity index (χ4v) is 1.40. The van der Waals surface area contributed by atoms with Gasteiger partial charge in [0.25, 0.3) is 0 Å². The van der Waals surface area contributed by atoms with E-state index in [0.717, 1.165) is 25.1 Å². The lowest BCUT2D eigenvalue weighted by molar-refractivity contribution is 0.719. The van der Waals surface area contributed by atoms with Crippen molar-refractivity contribution in [2.24, 2.45) is 7.05 Å². The minimum atomic E-state index is 0.973. The Morgan fingerprint density at radius 2 is 2.29 bits per heavy atom. The van der Waals surface area contributed by atoms with Gasteiger partial charge in [0.2, 0.25) is 0 Å². The molecule has 1 N–H and O–H groups in total. The Balaban J connectivity index is 2.37. The van der Waals surface area contributed by atoms with Crippen LogP contribution < -0.4 is 5.32 Å². The van der Waals surface area contributed by atoms with Gasteiger partial charge in [-0.2, -0.15) is 5.10 Å². The number of allylic oxidation sites excluding steroid dienone is 1. The molecule has 1 aromatic heterocycles. The van der Waals surface area contributed by atoms with Crippen LogP contribution >= 0.6 is 0 Å². The predicted molar refractivity (Wildman–Crippen MR) is 59.3 cm³/mol. The average Bonchev–Trinajstić information content (AvgIpc) is 2.45. The van der Waals surface area contributed by atoms with Crippen LogP contribution in [0, 0.1) is 6.92 Å². The maximum absolute atomic E-state index is 4.30. The summed E-state index contributed by atoms with van der Waals surface area (Å²) < 4.78 is 1.94. The van der Waals surface area contributed by atoms with Crippen molar-refractivity contribution in [2.45, 2.75) is 19.8 Å². The Labute approximate surface area is 85.8 Å². The van der Waals surface area contributed by atoms with Gasteiger partial charge in [-0.05, 0) is 33.0 Å². The fraction of sp³-hybridized carbons (Fsp3) is 0.545. The fourth-order valence-electron chi connectivity index (χ4n) is 1.40. The zero-order valence-corrected chi connectivity index (χ0v) is 9.25. The smallest absolute Gasteiger partial charge is 0.0596 e. The first kappa shape index (κ1) is 11.0. The van der Waals surface area contributed by atoms with E-state index >= 15 is 0 Å². The molecule has 78 valence electrons. The van der Waals surface area contributed by atoms with E-state index < -0.39 is 0 Å². The number of hydrogen-bond donors (Lipinski definition) is 1. The van der Waals surface area contributed by atoms with Crippen molar-refractivity contribution >= 4 is 0 Å². The molecule has 0 saturated heterocycles. The van der Waals surface area contributed by atoms with Gasteiger partial charge < -0.3 is 5.32 Å². The molecule has 0 radical (unpaired) electrons. The standard InChI is InChI=1S/C11H19N3/c1-10-9-11(14(3)13-10)7-5-4-6-8-12-2/h4-5,9,12H,6-8H2,1-3H3. The highest BCUT2D eigenvalue weighted by atomic mass is 15.3. The van der Waals surface area contributed by atoms with Crippen LogP contribution in [-0.4, -0.2) is 23.4 Å². The van der Waals surface area contributed by atoms with Crippen LogP contribution in [0.2, 0.25) is 0 Å². The second-order valence-corrected chi connectivity index (χ2v) is 3.47. The number of nitrogens with zero attached hydrogens (tertiary/aromatic N) is 2. The Morgan fingerprint density at radius 1 is 1.50 bits per heavy atom. The minimum absolute atomic E-state index is 0.973. The Bertz CT molecular complexity index is 299. The summed E-state index contributed by atoms with van der Waals surface area (Å²) in [5, 5.41) is 7.41. The molecule has 3 heteroatoms. The van der Waals surface area contributed by atoms with Gasteiger partial charge in [-0.1, -0.05) is 12.2 Å². The van der Waals surface area contributed by atoms with E-state index in [2.05, 4.69) is 28.6 Å². The Morgan fingerprint density at radius 3 is 2.86 bits per heavy atom. The van der Waals surface area contributed by atoms with Gasteiger partial charge in [0.1, 0.15) is 0 Å². The first-order chi connectivity index (χ1) is 6.74. The molecule has 1 rings (SSSR count). The molecule has 0 saturated carbocycles. The quantitative estimate of drug-likeness (QED) is 0.566. The lowest BCUT2D eigenvalue weighted by Crippen LogP contribution is -2.05. The summed E-state index contributed by atoms with van der Waals surface area (Å²) in [5.41, 5.74) is 2.36. The van der Waals surface area contributed by atoms with Gasteiger partial charge in [-0.25, -0.2) is 0 Å². The third kappa shape index (κ3) is 3.34. The van der Waals surface area contributed by atoms with Crippen molar-refractivity contribution in [3.05, 3.63) is 29.6 Å². The SMILES string of the molecule is CNCCC=CCc1cc(C)nn1C. The zero-order valence-electron chi connectivity index (χ0n) is 9.25. The number of aryl methyl sites for hydroxylation is 2. The predicted octanol–water partition coefficient (Wildman–Crippen LogP) is 1.44. The van der Waals surface area contributed by atoms with Gasteiger partial charge in [-0.3, -0.25) is 4.68 Å². The van der Waals surface area contributed by atoms with Gasteiger partial charge in [0, 0.05) is 19.2 Å². The molecular formula is C11H19N3. The van der Waals surface area contributed by atoms with Crippen LogP contribution in [-0.2, 0) is 13.5 Å². The highest BCUT2D eigenvalue weighted by Gasteiger charge is 1.98. The minimum Gasteiger partial charge on any atom is -0.319 e. The molecule has 0 aliphatic rings. The molecule has 0 aliphatic carbocycles. The molecule has 1 aromatic rings. The van der Waals surface area contributed by atoms with Crippen LogP contribution in [0.25, 0.3) is 0 Å². The molecule has 0 unspecified atom stereocenters. The lowest BCUT2D eigenvalue weighted by Gasteiger charge is -1.96. The number of hydrogen-bond acceptors (Lipinski definition) is 2. The molecular weight excluding hydrogens is 174 g/mol. The van der Waals surface area contributed by atoms with Crippen molar-refractivity contribution in [1.82, 2.24) is 15.1 Å². The molecule has 1 heterocycles. The van der Waals surface area contributed by atoms with Gasteiger partial charge in [-0.15, -0.1) is 0 Å². The number of nitrogens with one attached hydrogen (secondary N) is 1. The second kappa shape index (κ2) is 5.60. The Hall–Kier alpha value is -1.09. The first-order valence-corrected chi connectivity index (χ1v) is 5.03. The summed E-state index contributed by atoms with van der Waals surface area (Å²) in [6.07, 6.45) is 6.47. The maximum atomic E-state index is 4.30. The van der Waals surface area contributed by atoms with E-state index in [0.29, 0.717) is 0 Å². The molecule has 0 fully saturated rings. The summed E-state index contributed by atoms with van der Waals surface area (Å²) in [7, 11) is 3.96. The summed E-state index contributed by atoms with van der Waals surface area (Å²) in [4.78, 5) is 0.